The fourth-order valence-electron chi connectivity index (χ4n) is 3.39. The van der Waals surface area contributed by atoms with Gasteiger partial charge in [-0.2, -0.15) is 0 Å². The minimum absolute atomic E-state index is 1.08. The molecule has 1 aliphatic rings. The van der Waals surface area contributed by atoms with Crippen LogP contribution in [0.4, 0.5) is 0 Å². The summed E-state index contributed by atoms with van der Waals surface area (Å²) in [7, 11) is 0. The van der Waals surface area contributed by atoms with Crippen molar-refractivity contribution in [3.8, 4) is 0 Å². The predicted molar refractivity (Wildman–Crippen MR) is 89.4 cm³/mol. The molecule has 0 saturated carbocycles. The highest BCUT2D eigenvalue weighted by Crippen LogP contribution is 2.24. The molecule has 2 nitrogen and oxygen atoms in total. The summed E-state index contributed by atoms with van der Waals surface area (Å²) >= 11 is 3.66. The molecule has 1 aromatic heterocycles. The number of hydrogen-bond donors (Lipinski definition) is 2. The summed E-state index contributed by atoms with van der Waals surface area (Å²) < 4.78 is 1.22. The van der Waals surface area contributed by atoms with Gasteiger partial charge in [0, 0.05) is 27.4 Å². The maximum Gasteiger partial charge on any atom is 0.118 e. The Morgan fingerprint density at radius 3 is 2.76 bits per heavy atom. The Morgan fingerprint density at radius 2 is 1.86 bits per heavy atom. The lowest BCUT2D eigenvalue weighted by atomic mass is 10.0. The van der Waals surface area contributed by atoms with E-state index in [4.69, 9.17) is 0 Å². The van der Waals surface area contributed by atoms with Crippen molar-refractivity contribution in [1.29, 1.82) is 0 Å². The van der Waals surface area contributed by atoms with Crippen LogP contribution in [0.25, 0.3) is 10.9 Å². The third-order valence-corrected chi connectivity index (χ3v) is 5.23. The first-order chi connectivity index (χ1) is 10.3. The highest BCUT2D eigenvalue weighted by molar-refractivity contribution is 9.10. The zero-order chi connectivity index (χ0) is 14.2. The van der Waals surface area contributed by atoms with E-state index < -0.39 is 0 Å². The van der Waals surface area contributed by atoms with Crippen LogP contribution < -0.4 is 4.90 Å². The summed E-state index contributed by atoms with van der Waals surface area (Å²) in [5.74, 6) is 0. The van der Waals surface area contributed by atoms with Crippen molar-refractivity contribution >= 4 is 26.8 Å². The largest absolute Gasteiger partial charge is 0.354 e. The van der Waals surface area contributed by atoms with Gasteiger partial charge in [0.2, 0.25) is 0 Å². The van der Waals surface area contributed by atoms with E-state index in [-0.39, 0.29) is 0 Å². The highest BCUT2D eigenvalue weighted by Gasteiger charge is 2.23. The second-order valence-electron chi connectivity index (χ2n) is 5.82. The number of para-hydroxylation sites is 1. The van der Waals surface area contributed by atoms with E-state index in [1.165, 1.54) is 45.2 Å². The van der Waals surface area contributed by atoms with Crippen molar-refractivity contribution in [1.82, 2.24) is 4.98 Å². The molecule has 0 radical (unpaired) electrons. The molecular weight excluding hydrogens is 324 g/mol. The molecule has 21 heavy (non-hydrogen) atoms. The molecule has 0 saturated heterocycles. The zero-order valence-electron chi connectivity index (χ0n) is 11.8. The molecule has 2 aromatic carbocycles. The monoisotopic (exact) mass is 341 g/mol. The summed E-state index contributed by atoms with van der Waals surface area (Å²) in [5, 5.41) is 1.41. The first-order valence-corrected chi connectivity index (χ1v) is 8.26. The van der Waals surface area contributed by atoms with Gasteiger partial charge in [-0.1, -0.05) is 52.3 Å². The van der Waals surface area contributed by atoms with Gasteiger partial charge in [-0.3, -0.25) is 0 Å². The van der Waals surface area contributed by atoms with Crippen LogP contribution in [-0.2, 0) is 19.5 Å². The van der Waals surface area contributed by atoms with Gasteiger partial charge in [0.15, 0.2) is 0 Å². The second-order valence-corrected chi connectivity index (χ2v) is 6.68. The molecule has 0 fully saturated rings. The van der Waals surface area contributed by atoms with Gasteiger partial charge < -0.3 is 9.88 Å². The van der Waals surface area contributed by atoms with Crippen molar-refractivity contribution in [2.45, 2.75) is 19.5 Å². The smallest absolute Gasteiger partial charge is 0.118 e. The predicted octanol–water partition coefficient (Wildman–Crippen LogP) is 3.07. The van der Waals surface area contributed by atoms with Crippen LogP contribution in [-0.4, -0.2) is 11.5 Å². The molecule has 1 unspecified atom stereocenters. The summed E-state index contributed by atoms with van der Waals surface area (Å²) in [6.45, 7) is 3.37. The van der Waals surface area contributed by atoms with Crippen LogP contribution in [0.2, 0.25) is 0 Å². The molecule has 2 heterocycles. The van der Waals surface area contributed by atoms with Gasteiger partial charge in [-0.25, -0.2) is 0 Å². The third-order valence-electron chi connectivity index (χ3n) is 4.46. The number of H-pyrrole nitrogens is 1. The Kier molecular flexibility index (Phi) is 3.32. The van der Waals surface area contributed by atoms with Gasteiger partial charge in [0.1, 0.15) is 13.1 Å². The number of aromatic nitrogens is 1. The quantitative estimate of drug-likeness (QED) is 0.714. The van der Waals surface area contributed by atoms with E-state index in [1.54, 1.807) is 4.90 Å². The SMILES string of the molecule is Brc1ccccc1C[NH+]1CCc2c([nH]c3ccccc23)C1. The number of rotatable bonds is 2. The lowest BCUT2D eigenvalue weighted by Crippen LogP contribution is -3.10. The Labute approximate surface area is 132 Å². The molecule has 0 aliphatic carbocycles. The number of nitrogens with one attached hydrogen (secondary N) is 2. The fourth-order valence-corrected chi connectivity index (χ4v) is 3.82. The highest BCUT2D eigenvalue weighted by atomic mass is 79.9. The number of aromatic amines is 1. The van der Waals surface area contributed by atoms with Crippen LogP contribution >= 0.6 is 15.9 Å². The summed E-state index contributed by atoms with van der Waals surface area (Å²) in [5.41, 5.74) is 5.63. The van der Waals surface area contributed by atoms with Crippen LogP contribution in [0, 0.1) is 0 Å². The Balaban J connectivity index is 1.61. The normalized spacial score (nSPS) is 17.9. The summed E-state index contributed by atoms with van der Waals surface area (Å²) in [6.07, 6.45) is 1.17. The molecule has 4 rings (SSSR count). The minimum atomic E-state index is 1.08. The maximum absolute atomic E-state index is 3.66. The standard InChI is InChI=1S/C18H17BrN2/c19-16-7-3-1-5-13(16)11-21-10-9-15-14-6-2-4-8-17(14)20-18(15)12-21/h1-8,20H,9-12H2/p+1. The molecular formula is C18H18BrN2+. The summed E-state index contributed by atoms with van der Waals surface area (Å²) in [6, 6.07) is 17.2. The van der Waals surface area contributed by atoms with E-state index in [1.807, 2.05) is 0 Å². The number of benzene rings is 2. The average molecular weight is 342 g/mol. The van der Waals surface area contributed by atoms with Crippen LogP contribution in [0.3, 0.4) is 0 Å². The van der Waals surface area contributed by atoms with Gasteiger partial charge in [0.05, 0.1) is 12.2 Å². The van der Waals surface area contributed by atoms with Crippen LogP contribution in [0.5, 0.6) is 0 Å². The molecule has 1 atom stereocenters. The van der Waals surface area contributed by atoms with Crippen molar-refractivity contribution in [2.75, 3.05) is 6.54 Å². The second kappa shape index (κ2) is 5.32. The van der Waals surface area contributed by atoms with Crippen molar-refractivity contribution in [3.63, 3.8) is 0 Å². The minimum Gasteiger partial charge on any atom is -0.354 e. The van der Waals surface area contributed by atoms with E-state index in [0.29, 0.717) is 0 Å². The molecule has 3 heteroatoms. The third kappa shape index (κ3) is 2.41. The van der Waals surface area contributed by atoms with Crippen molar-refractivity contribution in [3.05, 3.63) is 69.8 Å². The fraction of sp³-hybridized carbons (Fsp3) is 0.222. The number of quaternary nitrogens is 1. The zero-order valence-corrected chi connectivity index (χ0v) is 13.4. The maximum atomic E-state index is 3.66. The van der Waals surface area contributed by atoms with Gasteiger partial charge in [-0.05, 0) is 17.7 Å². The Hall–Kier alpha value is -1.58. The molecule has 2 N–H and O–H groups in total. The molecule has 0 spiro atoms. The van der Waals surface area contributed by atoms with Gasteiger partial charge in [-0.15, -0.1) is 0 Å². The van der Waals surface area contributed by atoms with Gasteiger partial charge in [0.25, 0.3) is 0 Å². The van der Waals surface area contributed by atoms with Crippen molar-refractivity contribution < 1.29 is 4.90 Å². The van der Waals surface area contributed by atoms with E-state index in [9.17, 15) is 0 Å². The van der Waals surface area contributed by atoms with Crippen LogP contribution in [0.1, 0.15) is 16.8 Å². The molecule has 1 aliphatic heterocycles. The lowest BCUT2D eigenvalue weighted by Gasteiger charge is -2.24. The lowest BCUT2D eigenvalue weighted by molar-refractivity contribution is -0.929. The van der Waals surface area contributed by atoms with Crippen molar-refractivity contribution in [2.24, 2.45) is 0 Å². The Bertz CT molecular complexity index is 791. The molecule has 0 amide bonds. The summed E-state index contributed by atoms with van der Waals surface area (Å²) in [4.78, 5) is 5.24. The van der Waals surface area contributed by atoms with E-state index in [2.05, 4.69) is 69.4 Å². The molecule has 106 valence electrons. The van der Waals surface area contributed by atoms with Crippen LogP contribution in [0.15, 0.2) is 53.0 Å². The molecule has 3 aromatic rings. The molecule has 0 bridgehead atoms. The van der Waals surface area contributed by atoms with Gasteiger partial charge >= 0.3 is 0 Å². The average Bonchev–Trinajstić information content (AvgIpc) is 2.87. The first-order valence-electron chi connectivity index (χ1n) is 7.47. The first kappa shape index (κ1) is 13.1. The van der Waals surface area contributed by atoms with E-state index in [0.717, 1.165) is 13.1 Å². The van der Waals surface area contributed by atoms with E-state index >= 15 is 0 Å². The Morgan fingerprint density at radius 1 is 1.05 bits per heavy atom. The topological polar surface area (TPSA) is 20.2 Å². The number of hydrogen-bond acceptors (Lipinski definition) is 0. The number of halogens is 1. The number of fused-ring (bicyclic) bond motifs is 3.